The van der Waals surface area contributed by atoms with Crippen LogP contribution in [-0.4, -0.2) is 29.8 Å². The van der Waals surface area contributed by atoms with Crippen LogP contribution in [0.15, 0.2) is 66.9 Å². The Bertz CT molecular complexity index is 1470. The van der Waals surface area contributed by atoms with E-state index >= 15 is 0 Å². The summed E-state index contributed by atoms with van der Waals surface area (Å²) in [6.07, 6.45) is 4.00. The number of carbonyl (C=O) groups excluding carboxylic acids is 2. The van der Waals surface area contributed by atoms with Crippen LogP contribution in [0.4, 0.5) is 24.5 Å². The second-order valence-corrected chi connectivity index (χ2v) is 8.41. The number of ketones is 1. The van der Waals surface area contributed by atoms with Crippen molar-refractivity contribution in [1.82, 2.24) is 4.98 Å². The van der Waals surface area contributed by atoms with E-state index in [1.54, 1.807) is 18.3 Å². The molecule has 0 saturated carbocycles. The minimum absolute atomic E-state index is 0.00144. The lowest BCUT2D eigenvalue weighted by Gasteiger charge is -2.17. The highest BCUT2D eigenvalue weighted by atomic mass is 19.2. The summed E-state index contributed by atoms with van der Waals surface area (Å²) >= 11 is 0. The van der Waals surface area contributed by atoms with Crippen LogP contribution in [0.2, 0.25) is 0 Å². The fourth-order valence-corrected chi connectivity index (χ4v) is 4.22. The van der Waals surface area contributed by atoms with E-state index in [2.05, 4.69) is 15.2 Å². The lowest BCUT2D eigenvalue weighted by Crippen LogP contribution is -2.17. The third-order valence-electron chi connectivity index (χ3n) is 6.02. The molecule has 35 heavy (non-hydrogen) atoms. The molecular formula is C27H20F3N3O2. The van der Waals surface area contributed by atoms with Crippen molar-refractivity contribution >= 4 is 34.0 Å². The number of hydrogen-bond acceptors (Lipinski definition) is 4. The van der Waals surface area contributed by atoms with Gasteiger partial charge in [-0.3, -0.25) is 14.6 Å². The number of anilines is 2. The normalized spacial score (nSPS) is 13.3. The van der Waals surface area contributed by atoms with Crippen molar-refractivity contribution in [2.75, 3.05) is 23.3 Å². The molecule has 3 aromatic carbocycles. The second kappa shape index (κ2) is 9.21. The summed E-state index contributed by atoms with van der Waals surface area (Å²) in [5, 5.41) is 3.09. The van der Waals surface area contributed by atoms with Crippen LogP contribution in [0, 0.1) is 17.5 Å². The van der Waals surface area contributed by atoms with Crippen LogP contribution in [0.3, 0.4) is 0 Å². The Balaban J connectivity index is 1.46. The topological polar surface area (TPSA) is 62.3 Å². The average molecular weight is 475 g/mol. The van der Waals surface area contributed by atoms with E-state index in [9.17, 15) is 22.8 Å². The van der Waals surface area contributed by atoms with Crippen molar-refractivity contribution in [3.8, 4) is 0 Å². The number of fused-ring (bicyclic) bond motifs is 1. The first-order valence-corrected chi connectivity index (χ1v) is 11.1. The number of hydrogen-bond donors (Lipinski definition) is 1. The predicted molar refractivity (Wildman–Crippen MR) is 127 cm³/mol. The molecule has 0 unspecified atom stereocenters. The van der Waals surface area contributed by atoms with E-state index in [1.165, 1.54) is 24.3 Å². The monoisotopic (exact) mass is 475 g/mol. The molecule has 1 N–H and O–H groups in total. The molecule has 1 saturated heterocycles. The van der Waals surface area contributed by atoms with Gasteiger partial charge in [-0.15, -0.1) is 0 Å². The highest BCUT2D eigenvalue weighted by Crippen LogP contribution is 2.27. The summed E-state index contributed by atoms with van der Waals surface area (Å²) in [5.74, 6) is -4.68. The van der Waals surface area contributed by atoms with Gasteiger partial charge in [0.2, 0.25) is 0 Å². The molecule has 176 valence electrons. The summed E-state index contributed by atoms with van der Waals surface area (Å²) in [6, 6.07) is 13.5. The maximum atomic E-state index is 14.6. The molecule has 0 atom stereocenters. The molecule has 1 amide bonds. The van der Waals surface area contributed by atoms with Crippen LogP contribution >= 0.6 is 0 Å². The molecule has 0 aliphatic carbocycles. The zero-order valence-corrected chi connectivity index (χ0v) is 18.5. The van der Waals surface area contributed by atoms with Crippen LogP contribution in [0.5, 0.6) is 0 Å². The second-order valence-electron chi connectivity index (χ2n) is 8.41. The molecule has 0 radical (unpaired) electrons. The van der Waals surface area contributed by atoms with E-state index in [4.69, 9.17) is 0 Å². The molecule has 8 heteroatoms. The summed E-state index contributed by atoms with van der Waals surface area (Å²) in [4.78, 5) is 32.2. The Morgan fingerprint density at radius 1 is 0.886 bits per heavy atom. The van der Waals surface area contributed by atoms with Crippen LogP contribution in [-0.2, 0) is 0 Å². The van der Waals surface area contributed by atoms with Gasteiger partial charge in [0.1, 0.15) is 5.82 Å². The molecule has 4 aromatic rings. The van der Waals surface area contributed by atoms with Gasteiger partial charge in [-0.1, -0.05) is 6.07 Å². The highest BCUT2D eigenvalue weighted by molar-refractivity contribution is 6.12. The molecule has 5 rings (SSSR count). The Labute approximate surface area is 199 Å². The third kappa shape index (κ3) is 4.59. The summed E-state index contributed by atoms with van der Waals surface area (Å²) < 4.78 is 42.4. The molecule has 5 nitrogen and oxygen atoms in total. The molecule has 0 bridgehead atoms. The van der Waals surface area contributed by atoms with Gasteiger partial charge in [-0.25, -0.2) is 13.2 Å². The summed E-state index contributed by atoms with van der Waals surface area (Å²) in [5.41, 5.74) is 1.12. The maximum absolute atomic E-state index is 14.6. The molecule has 1 aliphatic rings. The van der Waals surface area contributed by atoms with Crippen LogP contribution < -0.4 is 10.2 Å². The number of aromatic nitrogens is 1. The van der Waals surface area contributed by atoms with Gasteiger partial charge < -0.3 is 10.2 Å². The van der Waals surface area contributed by atoms with Gasteiger partial charge in [0, 0.05) is 41.4 Å². The van der Waals surface area contributed by atoms with E-state index in [1.807, 2.05) is 6.07 Å². The number of nitrogens with zero attached hydrogens (tertiary/aromatic N) is 2. The van der Waals surface area contributed by atoms with Crippen molar-refractivity contribution in [3.05, 3.63) is 101 Å². The Hall–Kier alpha value is -4.20. The zero-order chi connectivity index (χ0) is 24.5. The lowest BCUT2D eigenvalue weighted by molar-refractivity contribution is 0.101. The Kier molecular flexibility index (Phi) is 5.94. The van der Waals surface area contributed by atoms with Crippen molar-refractivity contribution in [3.63, 3.8) is 0 Å². The van der Waals surface area contributed by atoms with E-state index in [0.717, 1.165) is 49.8 Å². The molecule has 1 fully saturated rings. The van der Waals surface area contributed by atoms with Gasteiger partial charge in [0.05, 0.1) is 23.0 Å². The van der Waals surface area contributed by atoms with Crippen molar-refractivity contribution in [2.45, 2.75) is 12.8 Å². The van der Waals surface area contributed by atoms with Crippen LogP contribution in [0.1, 0.15) is 39.1 Å². The third-order valence-corrected chi connectivity index (χ3v) is 6.02. The van der Waals surface area contributed by atoms with Gasteiger partial charge in [-0.2, -0.15) is 0 Å². The maximum Gasteiger partial charge on any atom is 0.255 e. The SMILES string of the molecule is O=C(Nc1cc(F)c(F)c(C(=O)c2ccc3ncc(N4CCCC4)cc3c2)c1)c1cccc(F)c1. The summed E-state index contributed by atoms with van der Waals surface area (Å²) in [6.45, 7) is 1.87. The van der Waals surface area contributed by atoms with Gasteiger partial charge >= 0.3 is 0 Å². The first-order chi connectivity index (χ1) is 16.9. The molecule has 0 spiro atoms. The first kappa shape index (κ1) is 22.6. The van der Waals surface area contributed by atoms with E-state index in [0.29, 0.717) is 10.9 Å². The number of nitrogens with one attached hydrogen (secondary N) is 1. The number of pyridine rings is 1. The van der Waals surface area contributed by atoms with E-state index < -0.39 is 34.7 Å². The largest absolute Gasteiger partial charge is 0.370 e. The Morgan fingerprint density at radius 2 is 1.69 bits per heavy atom. The minimum Gasteiger partial charge on any atom is -0.370 e. The first-order valence-electron chi connectivity index (χ1n) is 11.1. The van der Waals surface area contributed by atoms with Gasteiger partial charge in [-0.05, 0) is 61.4 Å². The number of halogens is 3. The Morgan fingerprint density at radius 3 is 2.46 bits per heavy atom. The van der Waals surface area contributed by atoms with Crippen molar-refractivity contribution in [1.29, 1.82) is 0 Å². The average Bonchev–Trinajstić information content (AvgIpc) is 3.40. The zero-order valence-electron chi connectivity index (χ0n) is 18.5. The number of benzene rings is 3. The van der Waals surface area contributed by atoms with Crippen LogP contribution in [0.25, 0.3) is 10.9 Å². The van der Waals surface area contributed by atoms with Gasteiger partial charge in [0.25, 0.3) is 5.91 Å². The fraction of sp³-hybridized carbons (Fsp3) is 0.148. The van der Waals surface area contributed by atoms with Crippen molar-refractivity contribution in [2.24, 2.45) is 0 Å². The number of carbonyl (C=O) groups is 2. The molecule has 1 aliphatic heterocycles. The smallest absolute Gasteiger partial charge is 0.255 e. The molecule has 1 aromatic heterocycles. The highest BCUT2D eigenvalue weighted by Gasteiger charge is 2.21. The quantitative estimate of drug-likeness (QED) is 0.374. The minimum atomic E-state index is -1.32. The molecular weight excluding hydrogens is 455 g/mol. The summed E-state index contributed by atoms with van der Waals surface area (Å²) in [7, 11) is 0. The number of amides is 1. The molecule has 2 heterocycles. The predicted octanol–water partition coefficient (Wildman–Crippen LogP) is 5.74. The lowest BCUT2D eigenvalue weighted by atomic mass is 10.00. The van der Waals surface area contributed by atoms with E-state index in [-0.39, 0.29) is 16.8 Å². The number of rotatable bonds is 5. The van der Waals surface area contributed by atoms with Crippen molar-refractivity contribution < 1.29 is 22.8 Å². The standard InChI is InChI=1S/C27H20F3N3O2/c28-19-5-3-4-17(11-19)27(35)32-20-13-22(25(30)23(29)14-20)26(34)16-6-7-24-18(10-16)12-21(15-31-24)33-8-1-2-9-33/h3-7,10-15H,1-2,8-9H2,(H,32,35). The van der Waals surface area contributed by atoms with Gasteiger partial charge in [0.15, 0.2) is 17.4 Å². The fourth-order valence-electron chi connectivity index (χ4n) is 4.22.